The number of carbonyl (C=O) groups is 5. The minimum atomic E-state index is -0.841. The zero-order chi connectivity index (χ0) is 23.6. The van der Waals surface area contributed by atoms with Gasteiger partial charge in [-0.15, -0.1) is 17.9 Å². The molecule has 0 saturated carbocycles. The third kappa shape index (κ3) is 3.85. The van der Waals surface area contributed by atoms with Crippen LogP contribution in [0.4, 0.5) is 5.00 Å². The Morgan fingerprint density at radius 3 is 2.34 bits per heavy atom. The third-order valence-electron chi connectivity index (χ3n) is 4.66. The van der Waals surface area contributed by atoms with Crippen LogP contribution in [0.25, 0.3) is 0 Å². The second-order valence-electron chi connectivity index (χ2n) is 6.48. The van der Waals surface area contributed by atoms with Gasteiger partial charge in [-0.3, -0.25) is 14.5 Å². The summed E-state index contributed by atoms with van der Waals surface area (Å²) in [6.07, 6.45) is 1.42. The number of rotatable bonds is 7. The number of carbonyl (C=O) groups excluding carboxylic acids is 5. The Hall–Kier alpha value is -3.99. The Morgan fingerprint density at radius 1 is 1.06 bits per heavy atom. The molecule has 0 aliphatic carbocycles. The lowest BCUT2D eigenvalue weighted by Gasteiger charge is -2.09. The second kappa shape index (κ2) is 9.02. The van der Waals surface area contributed by atoms with Crippen LogP contribution in [0.15, 0.2) is 30.9 Å². The number of nitrogens with zero attached hydrogens (tertiary/aromatic N) is 1. The smallest absolute Gasteiger partial charge is 0.348 e. The van der Waals surface area contributed by atoms with Crippen LogP contribution in [0.1, 0.15) is 56.7 Å². The molecule has 0 atom stereocenters. The van der Waals surface area contributed by atoms with Crippen molar-refractivity contribution >= 4 is 46.1 Å². The van der Waals surface area contributed by atoms with Gasteiger partial charge >= 0.3 is 17.9 Å². The summed E-state index contributed by atoms with van der Waals surface area (Å²) < 4.78 is 14.7. The molecule has 1 aliphatic rings. The Balaban J connectivity index is 1.87. The number of anilines is 1. The molecule has 0 saturated heterocycles. The van der Waals surface area contributed by atoms with Gasteiger partial charge < -0.3 is 19.9 Å². The van der Waals surface area contributed by atoms with Crippen LogP contribution in [0.3, 0.4) is 0 Å². The number of hydrogen-bond donors (Lipinski definition) is 1. The van der Waals surface area contributed by atoms with Crippen molar-refractivity contribution in [1.29, 1.82) is 0 Å². The van der Waals surface area contributed by atoms with Gasteiger partial charge in [0.05, 0.1) is 30.9 Å². The minimum Gasteiger partial charge on any atom is -0.465 e. The molecular weight excluding hydrogens is 440 g/mol. The molecule has 166 valence electrons. The molecular formula is C21H18N2O8S. The molecule has 2 amide bonds. The van der Waals surface area contributed by atoms with Crippen molar-refractivity contribution in [2.45, 2.75) is 6.61 Å². The maximum Gasteiger partial charge on any atom is 0.348 e. The SMILES string of the molecule is C=CCN1C(=O)c2ccc(C(=O)OCc3c(C(=O)OC)sc(N)c3C(=O)OC)cc2C1=O. The van der Waals surface area contributed by atoms with Crippen molar-refractivity contribution in [2.24, 2.45) is 0 Å². The number of imide groups is 1. The zero-order valence-electron chi connectivity index (χ0n) is 17.1. The summed E-state index contributed by atoms with van der Waals surface area (Å²) in [7, 11) is 2.30. The van der Waals surface area contributed by atoms with E-state index in [1.807, 2.05) is 0 Å². The number of hydrogen-bond acceptors (Lipinski definition) is 10. The van der Waals surface area contributed by atoms with Gasteiger partial charge in [0.2, 0.25) is 0 Å². The Bertz CT molecular complexity index is 1170. The molecule has 0 bridgehead atoms. The number of fused-ring (bicyclic) bond motifs is 1. The Morgan fingerprint density at radius 2 is 1.72 bits per heavy atom. The monoisotopic (exact) mass is 458 g/mol. The third-order valence-corrected chi connectivity index (χ3v) is 5.70. The normalized spacial score (nSPS) is 12.4. The van der Waals surface area contributed by atoms with E-state index >= 15 is 0 Å². The predicted molar refractivity (Wildman–Crippen MR) is 113 cm³/mol. The van der Waals surface area contributed by atoms with Crippen LogP contribution in [-0.2, 0) is 20.8 Å². The molecule has 1 aromatic heterocycles. The van der Waals surface area contributed by atoms with E-state index in [9.17, 15) is 24.0 Å². The zero-order valence-corrected chi connectivity index (χ0v) is 17.9. The van der Waals surface area contributed by atoms with E-state index in [1.165, 1.54) is 24.3 Å². The average Bonchev–Trinajstić information content (AvgIpc) is 3.25. The maximum absolute atomic E-state index is 12.6. The van der Waals surface area contributed by atoms with Crippen molar-refractivity contribution in [3.05, 3.63) is 63.5 Å². The number of benzene rings is 1. The highest BCUT2D eigenvalue weighted by atomic mass is 32.1. The van der Waals surface area contributed by atoms with E-state index in [0.717, 1.165) is 30.5 Å². The molecule has 0 unspecified atom stereocenters. The van der Waals surface area contributed by atoms with Crippen molar-refractivity contribution in [2.75, 3.05) is 26.5 Å². The molecule has 1 aromatic carbocycles. The van der Waals surface area contributed by atoms with Crippen LogP contribution < -0.4 is 5.73 Å². The number of nitrogens with two attached hydrogens (primary N) is 1. The first-order valence-corrected chi connectivity index (χ1v) is 9.92. The van der Waals surface area contributed by atoms with Crippen molar-refractivity contribution in [3.8, 4) is 0 Å². The van der Waals surface area contributed by atoms with E-state index < -0.39 is 36.3 Å². The fourth-order valence-electron chi connectivity index (χ4n) is 3.14. The average molecular weight is 458 g/mol. The van der Waals surface area contributed by atoms with Crippen LogP contribution in [-0.4, -0.2) is 55.4 Å². The standard InChI is InChI=1S/C21H18N2O8S/c1-4-7-23-17(24)11-6-5-10(8-12(11)18(23)25)19(26)31-9-13-14(20(27)29-2)16(22)32-15(13)21(28)30-3/h4-6,8H,1,7,9,22H2,2-3H3. The molecule has 0 radical (unpaired) electrons. The predicted octanol–water partition coefficient (Wildman–Crippen LogP) is 2.04. The fraction of sp³-hybridized carbons (Fsp3) is 0.190. The maximum atomic E-state index is 12.6. The summed E-state index contributed by atoms with van der Waals surface area (Å²) in [4.78, 5) is 62.5. The van der Waals surface area contributed by atoms with Gasteiger partial charge in [-0.25, -0.2) is 14.4 Å². The second-order valence-corrected chi connectivity index (χ2v) is 7.53. The van der Waals surface area contributed by atoms with Gasteiger partial charge in [0.25, 0.3) is 11.8 Å². The molecule has 0 spiro atoms. The highest BCUT2D eigenvalue weighted by molar-refractivity contribution is 7.18. The Labute approximate surface area is 186 Å². The highest BCUT2D eigenvalue weighted by Gasteiger charge is 2.35. The molecule has 2 heterocycles. The lowest BCUT2D eigenvalue weighted by Crippen LogP contribution is -2.29. The number of ether oxygens (including phenoxy) is 3. The van der Waals surface area contributed by atoms with Crippen LogP contribution in [0.5, 0.6) is 0 Å². The lowest BCUT2D eigenvalue weighted by molar-refractivity contribution is 0.0452. The molecule has 1 aliphatic heterocycles. The van der Waals surface area contributed by atoms with Gasteiger partial charge in [0, 0.05) is 12.1 Å². The molecule has 2 aromatic rings. The molecule has 3 rings (SSSR count). The number of amides is 2. The van der Waals surface area contributed by atoms with E-state index in [2.05, 4.69) is 6.58 Å². The minimum absolute atomic E-state index is 0.00649. The van der Waals surface area contributed by atoms with Crippen LogP contribution >= 0.6 is 11.3 Å². The summed E-state index contributed by atoms with van der Waals surface area (Å²) in [5, 5.41) is 0.00671. The van der Waals surface area contributed by atoms with Crippen molar-refractivity contribution < 1.29 is 38.2 Å². The van der Waals surface area contributed by atoms with Gasteiger partial charge in [-0.2, -0.15) is 0 Å². The number of nitrogen functional groups attached to an aromatic ring is 1. The number of methoxy groups -OCH3 is 2. The molecule has 0 fully saturated rings. The summed E-state index contributed by atoms with van der Waals surface area (Å²) in [5.41, 5.74) is 6.03. The van der Waals surface area contributed by atoms with Gasteiger partial charge in [0.1, 0.15) is 22.0 Å². The summed E-state index contributed by atoms with van der Waals surface area (Å²) in [6.45, 7) is 3.08. The summed E-state index contributed by atoms with van der Waals surface area (Å²) >= 11 is 0.802. The summed E-state index contributed by atoms with van der Waals surface area (Å²) in [5.74, 6) is -3.43. The number of thiophene rings is 1. The first-order chi connectivity index (χ1) is 15.2. The van der Waals surface area contributed by atoms with Gasteiger partial charge in [0.15, 0.2) is 0 Å². The van der Waals surface area contributed by atoms with Crippen LogP contribution in [0, 0.1) is 0 Å². The fourth-order valence-corrected chi connectivity index (χ4v) is 4.12. The summed E-state index contributed by atoms with van der Waals surface area (Å²) in [6, 6.07) is 3.96. The van der Waals surface area contributed by atoms with E-state index in [-0.39, 0.29) is 44.2 Å². The van der Waals surface area contributed by atoms with Gasteiger partial charge in [-0.05, 0) is 18.2 Å². The largest absolute Gasteiger partial charge is 0.465 e. The van der Waals surface area contributed by atoms with Gasteiger partial charge in [-0.1, -0.05) is 6.08 Å². The lowest BCUT2D eigenvalue weighted by atomic mass is 10.1. The molecule has 11 heteroatoms. The first-order valence-electron chi connectivity index (χ1n) is 9.11. The highest BCUT2D eigenvalue weighted by Crippen LogP contribution is 2.33. The first kappa shape index (κ1) is 22.7. The quantitative estimate of drug-likeness (QED) is 0.285. The van der Waals surface area contributed by atoms with Crippen molar-refractivity contribution in [3.63, 3.8) is 0 Å². The van der Waals surface area contributed by atoms with Crippen molar-refractivity contribution in [1.82, 2.24) is 4.90 Å². The van der Waals surface area contributed by atoms with E-state index in [0.29, 0.717) is 0 Å². The topological polar surface area (TPSA) is 142 Å². The van der Waals surface area contributed by atoms with Crippen LogP contribution in [0.2, 0.25) is 0 Å². The molecule has 2 N–H and O–H groups in total. The van der Waals surface area contributed by atoms with E-state index in [4.69, 9.17) is 19.9 Å². The van der Waals surface area contributed by atoms with E-state index in [1.54, 1.807) is 0 Å². The Kier molecular flexibility index (Phi) is 6.40. The molecule has 10 nitrogen and oxygen atoms in total. The molecule has 32 heavy (non-hydrogen) atoms. The number of esters is 3.